The van der Waals surface area contributed by atoms with Gasteiger partial charge in [0.1, 0.15) is 17.4 Å². The second kappa shape index (κ2) is 8.31. The number of nitrogens with zero attached hydrogens (tertiary/aromatic N) is 2. The third kappa shape index (κ3) is 3.47. The minimum atomic E-state index is -0.574. The van der Waals surface area contributed by atoms with Crippen LogP contribution < -0.4 is 15.2 Å². The highest BCUT2D eigenvalue weighted by atomic mass is 35.5. The summed E-state index contributed by atoms with van der Waals surface area (Å²) < 4.78 is 11.3. The van der Waals surface area contributed by atoms with E-state index in [1.165, 1.54) is 0 Å². The molecule has 3 N–H and O–H groups in total. The van der Waals surface area contributed by atoms with Crippen molar-refractivity contribution < 1.29 is 9.47 Å². The first-order chi connectivity index (χ1) is 14.5. The molecule has 0 aliphatic carbocycles. The highest BCUT2D eigenvalue weighted by Gasteiger charge is 2.36. The Morgan fingerprint density at radius 1 is 1.23 bits per heavy atom. The molecule has 4 rings (SSSR count). The molecule has 3 aromatic rings. The molecule has 1 aromatic heterocycles. The minimum absolute atomic E-state index is 0.00703. The van der Waals surface area contributed by atoms with Crippen molar-refractivity contribution in [3.05, 3.63) is 75.1 Å². The molecule has 1 atom stereocenters. The maximum absolute atomic E-state index is 9.81. The van der Waals surface area contributed by atoms with Crippen molar-refractivity contribution in [2.24, 2.45) is 5.73 Å². The van der Waals surface area contributed by atoms with E-state index in [9.17, 15) is 5.26 Å². The van der Waals surface area contributed by atoms with Gasteiger partial charge < -0.3 is 15.2 Å². The number of benzene rings is 2. The molecule has 0 saturated heterocycles. The van der Waals surface area contributed by atoms with E-state index in [-0.39, 0.29) is 11.5 Å². The number of ether oxygens (including phenoxy) is 2. The number of halogens is 2. The van der Waals surface area contributed by atoms with Crippen LogP contribution in [0.25, 0.3) is 11.3 Å². The van der Waals surface area contributed by atoms with Crippen molar-refractivity contribution in [2.75, 3.05) is 6.61 Å². The Hall–Kier alpha value is -3.14. The van der Waals surface area contributed by atoms with Gasteiger partial charge in [0.2, 0.25) is 11.8 Å². The highest BCUT2D eigenvalue weighted by Crippen LogP contribution is 2.48. The predicted molar refractivity (Wildman–Crippen MR) is 116 cm³/mol. The second-order valence-corrected chi connectivity index (χ2v) is 7.54. The molecule has 0 radical (unpaired) electrons. The number of allylic oxidation sites excluding steroid dienone is 1. The summed E-state index contributed by atoms with van der Waals surface area (Å²) in [6, 6.07) is 15.1. The molecule has 0 unspecified atom stereocenters. The molecule has 8 heteroatoms. The quantitative estimate of drug-likeness (QED) is 0.553. The Kier molecular flexibility index (Phi) is 5.58. The summed E-state index contributed by atoms with van der Waals surface area (Å²) in [6.07, 6.45) is 0.930. The van der Waals surface area contributed by atoms with Gasteiger partial charge in [0.05, 0.1) is 33.8 Å². The summed E-state index contributed by atoms with van der Waals surface area (Å²) in [6.45, 7) is 2.70. The third-order valence-corrected chi connectivity index (χ3v) is 5.68. The Morgan fingerprint density at radius 3 is 2.70 bits per heavy atom. The third-order valence-electron chi connectivity index (χ3n) is 4.85. The number of nitriles is 1. The smallest absolute Gasteiger partial charge is 0.244 e. The maximum Gasteiger partial charge on any atom is 0.244 e. The molecular weight excluding hydrogens is 423 g/mol. The van der Waals surface area contributed by atoms with Crippen LogP contribution in [-0.2, 0) is 0 Å². The summed E-state index contributed by atoms with van der Waals surface area (Å²) in [5.41, 5.74) is 9.16. The Morgan fingerprint density at radius 2 is 2.00 bits per heavy atom. The fourth-order valence-corrected chi connectivity index (χ4v) is 3.87. The fraction of sp³-hybridized carbons (Fsp3) is 0.182. The van der Waals surface area contributed by atoms with Crippen LogP contribution in [0.2, 0.25) is 10.0 Å². The van der Waals surface area contributed by atoms with Crippen molar-refractivity contribution in [3.8, 4) is 29.0 Å². The average molecular weight is 441 g/mol. The van der Waals surface area contributed by atoms with Crippen molar-refractivity contribution in [1.29, 1.82) is 5.26 Å². The van der Waals surface area contributed by atoms with Crippen LogP contribution in [0.15, 0.2) is 53.9 Å². The van der Waals surface area contributed by atoms with E-state index in [2.05, 4.69) is 23.2 Å². The van der Waals surface area contributed by atoms with Gasteiger partial charge in [-0.05, 0) is 42.3 Å². The van der Waals surface area contributed by atoms with Crippen LogP contribution in [0, 0.1) is 11.3 Å². The molecule has 0 amide bonds. The van der Waals surface area contributed by atoms with Gasteiger partial charge >= 0.3 is 0 Å². The van der Waals surface area contributed by atoms with Crippen molar-refractivity contribution in [3.63, 3.8) is 0 Å². The first kappa shape index (κ1) is 20.1. The lowest BCUT2D eigenvalue weighted by Gasteiger charge is -2.25. The van der Waals surface area contributed by atoms with Gasteiger partial charge in [-0.2, -0.15) is 5.26 Å². The SMILES string of the molecule is CCCOc1ccc(-c2[nH]nc3c2[C@H](c2cccc(Cl)c2Cl)C(C#N)=C(N)O3)cc1. The van der Waals surface area contributed by atoms with Gasteiger partial charge in [0.15, 0.2) is 0 Å². The van der Waals surface area contributed by atoms with Crippen molar-refractivity contribution in [1.82, 2.24) is 10.2 Å². The second-order valence-electron chi connectivity index (χ2n) is 6.76. The number of aromatic amines is 1. The zero-order valence-corrected chi connectivity index (χ0v) is 17.6. The molecule has 1 aliphatic rings. The van der Waals surface area contributed by atoms with E-state index >= 15 is 0 Å². The van der Waals surface area contributed by atoms with E-state index in [1.807, 2.05) is 30.3 Å². The Bertz CT molecular complexity index is 1160. The summed E-state index contributed by atoms with van der Waals surface area (Å²) in [4.78, 5) is 0. The molecule has 2 aromatic carbocycles. The van der Waals surface area contributed by atoms with Crippen molar-refractivity contribution >= 4 is 23.2 Å². The summed E-state index contributed by atoms with van der Waals surface area (Å²) in [5, 5.41) is 17.8. The highest BCUT2D eigenvalue weighted by molar-refractivity contribution is 6.42. The average Bonchev–Trinajstić information content (AvgIpc) is 3.17. The predicted octanol–water partition coefficient (Wildman–Crippen LogP) is 5.39. The minimum Gasteiger partial charge on any atom is -0.494 e. The maximum atomic E-state index is 9.81. The zero-order chi connectivity index (χ0) is 21.3. The molecule has 0 saturated carbocycles. The molecule has 1 aliphatic heterocycles. The lowest BCUT2D eigenvalue weighted by molar-refractivity contribution is 0.317. The summed E-state index contributed by atoms with van der Waals surface area (Å²) in [5.74, 6) is 0.498. The van der Waals surface area contributed by atoms with Crippen LogP contribution in [0.1, 0.15) is 30.4 Å². The molecule has 2 heterocycles. The van der Waals surface area contributed by atoms with E-state index in [4.69, 9.17) is 38.4 Å². The molecule has 30 heavy (non-hydrogen) atoms. The molecule has 0 fully saturated rings. The van der Waals surface area contributed by atoms with Crippen LogP contribution in [0.3, 0.4) is 0 Å². The van der Waals surface area contributed by atoms with Gasteiger partial charge in [-0.1, -0.05) is 42.3 Å². The number of rotatable bonds is 5. The van der Waals surface area contributed by atoms with Crippen LogP contribution >= 0.6 is 23.2 Å². The molecule has 152 valence electrons. The zero-order valence-electron chi connectivity index (χ0n) is 16.1. The number of aromatic nitrogens is 2. The first-order valence-corrected chi connectivity index (χ1v) is 10.1. The number of hydrogen-bond acceptors (Lipinski definition) is 5. The lowest BCUT2D eigenvalue weighted by Crippen LogP contribution is -2.21. The van der Waals surface area contributed by atoms with Gasteiger partial charge in [-0.3, -0.25) is 5.10 Å². The van der Waals surface area contributed by atoms with Crippen molar-refractivity contribution in [2.45, 2.75) is 19.3 Å². The summed E-state index contributed by atoms with van der Waals surface area (Å²) >= 11 is 12.8. The number of hydrogen-bond donors (Lipinski definition) is 2. The molecule has 6 nitrogen and oxygen atoms in total. The van der Waals surface area contributed by atoms with E-state index in [0.717, 1.165) is 17.7 Å². The first-order valence-electron chi connectivity index (χ1n) is 9.38. The van der Waals surface area contributed by atoms with Gasteiger partial charge in [0.25, 0.3) is 0 Å². The monoisotopic (exact) mass is 440 g/mol. The number of nitrogens with two attached hydrogens (primary N) is 1. The topological polar surface area (TPSA) is 97.0 Å². The van der Waals surface area contributed by atoms with Crippen LogP contribution in [-0.4, -0.2) is 16.8 Å². The van der Waals surface area contributed by atoms with Gasteiger partial charge in [-0.25, -0.2) is 0 Å². The summed E-state index contributed by atoms with van der Waals surface area (Å²) in [7, 11) is 0. The number of fused-ring (bicyclic) bond motifs is 1. The Balaban J connectivity index is 1.85. The van der Waals surface area contributed by atoms with E-state index in [1.54, 1.807) is 12.1 Å². The van der Waals surface area contributed by atoms with Gasteiger partial charge in [-0.15, -0.1) is 5.10 Å². The molecular formula is C22H18Cl2N4O2. The standard InChI is InChI=1S/C22H18Cl2N4O2/c1-2-10-29-13-8-6-12(7-9-13)20-18-17(14-4-3-5-16(23)19(14)24)15(11-25)21(26)30-22(18)28-27-20/h3-9,17H,2,10,26H2,1H3,(H,27,28)/t17-/m1/s1. The lowest BCUT2D eigenvalue weighted by atomic mass is 9.83. The number of nitrogens with one attached hydrogen (secondary N) is 1. The fourth-order valence-electron chi connectivity index (χ4n) is 3.46. The normalized spacial score (nSPS) is 15.3. The van der Waals surface area contributed by atoms with E-state index in [0.29, 0.717) is 39.4 Å². The van der Waals surface area contributed by atoms with Gasteiger partial charge in [0, 0.05) is 5.56 Å². The molecule has 0 bridgehead atoms. The van der Waals surface area contributed by atoms with E-state index < -0.39 is 5.92 Å². The van der Waals surface area contributed by atoms with Crippen LogP contribution in [0.4, 0.5) is 0 Å². The number of H-pyrrole nitrogens is 1. The van der Waals surface area contributed by atoms with Crippen LogP contribution in [0.5, 0.6) is 11.6 Å². The molecule has 0 spiro atoms. The largest absolute Gasteiger partial charge is 0.494 e. The Labute approximate surface area is 183 Å².